The highest BCUT2D eigenvalue weighted by molar-refractivity contribution is 5.31. The maximum atomic E-state index is 5.47. The Hall–Kier alpha value is -0.990. The first kappa shape index (κ1) is 6.52. The zero-order valence-corrected chi connectivity index (χ0v) is 6.86. The molecule has 3 heteroatoms. The largest absolute Gasteiger partial charge is 0.368 e. The number of hydrogen-bond donors (Lipinski definition) is 1. The Balaban J connectivity index is 1.84. The summed E-state index contributed by atoms with van der Waals surface area (Å²) in [6.07, 6.45) is 4.16. The van der Waals surface area contributed by atoms with Crippen LogP contribution < -0.4 is 5.73 Å². The lowest BCUT2D eigenvalue weighted by Gasteiger charge is -1.95. The van der Waals surface area contributed by atoms with Crippen molar-refractivity contribution in [2.45, 2.75) is 25.2 Å². The van der Waals surface area contributed by atoms with E-state index in [0.29, 0.717) is 11.8 Å². The molecule has 0 bridgehead atoms. The van der Waals surface area contributed by atoms with Gasteiger partial charge in [0.2, 0.25) is 5.88 Å². The number of nitrogen functional groups attached to an aromatic ring is 1. The van der Waals surface area contributed by atoms with Gasteiger partial charge in [-0.15, -0.1) is 0 Å². The number of aromatic nitrogens is 1. The van der Waals surface area contributed by atoms with Crippen LogP contribution in [0.15, 0.2) is 10.6 Å². The Labute approximate surface area is 70.9 Å². The van der Waals surface area contributed by atoms with Crippen molar-refractivity contribution in [3.05, 3.63) is 11.8 Å². The minimum atomic E-state index is 0.454. The summed E-state index contributed by atoms with van der Waals surface area (Å²) in [5, 5.41) is 3.96. The highest BCUT2D eigenvalue weighted by Crippen LogP contribution is 2.62. The van der Waals surface area contributed by atoms with Crippen molar-refractivity contribution in [3.63, 3.8) is 0 Å². The SMILES string of the molecule is Nc1cc(C2C3CCCC32)no1. The van der Waals surface area contributed by atoms with E-state index in [9.17, 15) is 0 Å². The first-order valence-electron chi connectivity index (χ1n) is 4.58. The highest BCUT2D eigenvalue weighted by atomic mass is 16.5. The van der Waals surface area contributed by atoms with E-state index in [2.05, 4.69) is 5.16 Å². The van der Waals surface area contributed by atoms with Gasteiger partial charge in [0, 0.05) is 12.0 Å². The molecule has 0 saturated heterocycles. The van der Waals surface area contributed by atoms with E-state index in [1.165, 1.54) is 19.3 Å². The number of rotatable bonds is 1. The number of hydrogen-bond acceptors (Lipinski definition) is 3. The van der Waals surface area contributed by atoms with E-state index >= 15 is 0 Å². The summed E-state index contributed by atoms with van der Waals surface area (Å²) in [6, 6.07) is 1.88. The Morgan fingerprint density at radius 3 is 2.75 bits per heavy atom. The zero-order chi connectivity index (χ0) is 8.13. The van der Waals surface area contributed by atoms with E-state index in [1.807, 2.05) is 6.07 Å². The first-order chi connectivity index (χ1) is 5.86. The van der Waals surface area contributed by atoms with Gasteiger partial charge in [-0.05, 0) is 24.7 Å². The Kier molecular flexibility index (Phi) is 1.10. The summed E-state index contributed by atoms with van der Waals surface area (Å²) < 4.78 is 4.86. The lowest BCUT2D eigenvalue weighted by atomic mass is 10.1. The van der Waals surface area contributed by atoms with Crippen LogP contribution in [0.2, 0.25) is 0 Å². The van der Waals surface area contributed by atoms with Crippen molar-refractivity contribution in [2.24, 2.45) is 11.8 Å². The van der Waals surface area contributed by atoms with E-state index in [1.54, 1.807) is 0 Å². The molecule has 64 valence electrons. The van der Waals surface area contributed by atoms with Crippen LogP contribution in [0, 0.1) is 11.8 Å². The van der Waals surface area contributed by atoms with Crippen LogP contribution in [0.4, 0.5) is 5.88 Å². The monoisotopic (exact) mass is 164 g/mol. The summed E-state index contributed by atoms with van der Waals surface area (Å²) in [5.41, 5.74) is 6.55. The normalized spacial score (nSPS) is 38.2. The van der Waals surface area contributed by atoms with Gasteiger partial charge < -0.3 is 10.3 Å². The Morgan fingerprint density at radius 1 is 1.42 bits per heavy atom. The molecule has 2 unspecified atom stereocenters. The van der Waals surface area contributed by atoms with Crippen LogP contribution in [-0.4, -0.2) is 5.16 Å². The lowest BCUT2D eigenvalue weighted by molar-refractivity contribution is 0.424. The van der Waals surface area contributed by atoms with E-state index in [4.69, 9.17) is 10.3 Å². The van der Waals surface area contributed by atoms with Gasteiger partial charge in [0.15, 0.2) is 0 Å². The van der Waals surface area contributed by atoms with Crippen molar-refractivity contribution < 1.29 is 4.52 Å². The minimum Gasteiger partial charge on any atom is -0.368 e. The molecule has 2 aliphatic carbocycles. The van der Waals surface area contributed by atoms with Crippen LogP contribution in [0.1, 0.15) is 30.9 Å². The Morgan fingerprint density at radius 2 is 2.17 bits per heavy atom. The van der Waals surface area contributed by atoms with Crippen LogP contribution in [0.3, 0.4) is 0 Å². The second kappa shape index (κ2) is 2.03. The standard InChI is InChI=1S/C9H12N2O/c10-8-4-7(11-12-8)9-5-2-1-3-6(5)9/h4-6,9H,1-3,10H2. The van der Waals surface area contributed by atoms with Crippen LogP contribution >= 0.6 is 0 Å². The van der Waals surface area contributed by atoms with Gasteiger partial charge in [0.1, 0.15) is 0 Å². The molecule has 2 aliphatic rings. The lowest BCUT2D eigenvalue weighted by Crippen LogP contribution is -1.86. The van der Waals surface area contributed by atoms with Gasteiger partial charge in [-0.2, -0.15) is 0 Å². The van der Waals surface area contributed by atoms with E-state index in [0.717, 1.165) is 17.5 Å². The average Bonchev–Trinajstić information content (AvgIpc) is 2.55. The second-order valence-electron chi connectivity index (χ2n) is 3.94. The second-order valence-corrected chi connectivity index (χ2v) is 3.94. The predicted molar refractivity (Wildman–Crippen MR) is 44.5 cm³/mol. The van der Waals surface area contributed by atoms with E-state index < -0.39 is 0 Å². The molecule has 3 nitrogen and oxygen atoms in total. The topological polar surface area (TPSA) is 52.0 Å². The molecular weight excluding hydrogens is 152 g/mol. The summed E-state index contributed by atoms with van der Waals surface area (Å²) in [4.78, 5) is 0. The molecule has 0 amide bonds. The fourth-order valence-electron chi connectivity index (χ4n) is 2.72. The average molecular weight is 164 g/mol. The molecule has 0 aromatic carbocycles. The molecule has 1 aromatic rings. The van der Waals surface area contributed by atoms with Gasteiger partial charge in [-0.25, -0.2) is 0 Å². The van der Waals surface area contributed by atoms with Crippen LogP contribution in [-0.2, 0) is 0 Å². The predicted octanol–water partition coefficient (Wildman–Crippen LogP) is 1.77. The third kappa shape index (κ3) is 0.737. The molecule has 2 atom stereocenters. The maximum absolute atomic E-state index is 5.47. The third-order valence-electron chi connectivity index (χ3n) is 3.29. The summed E-state index contributed by atoms with van der Waals surface area (Å²) in [5.74, 6) is 2.93. The molecule has 12 heavy (non-hydrogen) atoms. The molecule has 0 radical (unpaired) electrons. The van der Waals surface area contributed by atoms with Gasteiger partial charge >= 0.3 is 0 Å². The van der Waals surface area contributed by atoms with Crippen LogP contribution in [0.25, 0.3) is 0 Å². The molecule has 2 saturated carbocycles. The van der Waals surface area contributed by atoms with Crippen molar-refractivity contribution in [1.29, 1.82) is 0 Å². The summed E-state index contributed by atoms with van der Waals surface area (Å²) in [6.45, 7) is 0. The van der Waals surface area contributed by atoms with Gasteiger partial charge in [0.25, 0.3) is 0 Å². The Bertz CT molecular complexity index is 297. The molecule has 1 aromatic heterocycles. The highest BCUT2D eigenvalue weighted by Gasteiger charge is 2.54. The third-order valence-corrected chi connectivity index (χ3v) is 3.29. The van der Waals surface area contributed by atoms with Crippen molar-refractivity contribution in [1.82, 2.24) is 5.16 Å². The van der Waals surface area contributed by atoms with Gasteiger partial charge in [-0.1, -0.05) is 11.6 Å². The summed E-state index contributed by atoms with van der Waals surface area (Å²) in [7, 11) is 0. The molecule has 0 spiro atoms. The molecule has 2 fully saturated rings. The van der Waals surface area contributed by atoms with Gasteiger partial charge in [0.05, 0.1) is 5.69 Å². The number of fused-ring (bicyclic) bond motifs is 1. The fraction of sp³-hybridized carbons (Fsp3) is 0.667. The fourth-order valence-corrected chi connectivity index (χ4v) is 2.72. The summed E-state index contributed by atoms with van der Waals surface area (Å²) >= 11 is 0. The molecule has 2 N–H and O–H groups in total. The first-order valence-corrected chi connectivity index (χ1v) is 4.58. The smallest absolute Gasteiger partial charge is 0.222 e. The molecule has 1 heterocycles. The molecule has 3 rings (SSSR count). The number of nitrogens with two attached hydrogens (primary N) is 1. The molecule has 0 aliphatic heterocycles. The van der Waals surface area contributed by atoms with Crippen molar-refractivity contribution in [2.75, 3.05) is 5.73 Å². The zero-order valence-electron chi connectivity index (χ0n) is 6.86. The van der Waals surface area contributed by atoms with Crippen molar-refractivity contribution in [3.8, 4) is 0 Å². The number of anilines is 1. The van der Waals surface area contributed by atoms with Crippen molar-refractivity contribution >= 4 is 5.88 Å². The van der Waals surface area contributed by atoms with E-state index in [-0.39, 0.29) is 0 Å². The number of nitrogens with zero attached hydrogens (tertiary/aromatic N) is 1. The van der Waals surface area contributed by atoms with Gasteiger partial charge in [-0.3, -0.25) is 0 Å². The minimum absolute atomic E-state index is 0.454. The van der Waals surface area contributed by atoms with Crippen LogP contribution in [0.5, 0.6) is 0 Å². The quantitative estimate of drug-likeness (QED) is 0.688. The molecular formula is C9H12N2O. The maximum Gasteiger partial charge on any atom is 0.222 e.